The van der Waals surface area contributed by atoms with Crippen LogP contribution >= 0.6 is 8.60 Å². The molecule has 4 heteroatoms. The normalized spacial score (nSPS) is 10.5. The Hall–Kier alpha value is 0.310. The summed E-state index contributed by atoms with van der Waals surface area (Å²) in [6.45, 7) is 4.62. The summed E-state index contributed by atoms with van der Waals surface area (Å²) in [7, 11) is -1.58. The predicted molar refractivity (Wildman–Crippen MR) is 34.5 cm³/mol. The van der Waals surface area contributed by atoms with Gasteiger partial charge < -0.3 is 13.9 Å². The van der Waals surface area contributed by atoms with Crippen LogP contribution in [0.3, 0.4) is 0 Å². The molecule has 0 aromatic carbocycles. The van der Waals surface area contributed by atoms with Gasteiger partial charge in [-0.2, -0.15) is 0 Å². The highest BCUT2D eigenvalue weighted by Gasteiger charge is 2.00. The molecule has 0 aromatic heterocycles. The van der Waals surface area contributed by atoms with Crippen molar-refractivity contribution in [2.45, 2.75) is 13.8 Å². The number of hydrogen-bond donors (Lipinski definition) is 1. The van der Waals surface area contributed by atoms with Crippen LogP contribution in [0.1, 0.15) is 15.3 Å². The fraction of sp³-hybridized carbons (Fsp3) is 1.00. The van der Waals surface area contributed by atoms with E-state index in [0.29, 0.717) is 13.2 Å². The van der Waals surface area contributed by atoms with Crippen molar-refractivity contribution in [3.8, 4) is 0 Å². The molecule has 0 aliphatic carbocycles. The Bertz CT molecular complexity index is 49.1. The van der Waals surface area contributed by atoms with E-state index in [2.05, 4.69) is 9.05 Å². The van der Waals surface area contributed by atoms with Gasteiger partial charge >= 0.3 is 8.60 Å². The van der Waals surface area contributed by atoms with Crippen molar-refractivity contribution in [2.24, 2.45) is 0 Å². The highest BCUT2D eigenvalue weighted by molar-refractivity contribution is 7.40. The van der Waals surface area contributed by atoms with Crippen LogP contribution in [0.2, 0.25) is 0 Å². The van der Waals surface area contributed by atoms with Crippen LogP contribution in [0.15, 0.2) is 0 Å². The molecule has 0 heterocycles. The van der Waals surface area contributed by atoms with Gasteiger partial charge in [0.1, 0.15) is 0 Å². The lowest BCUT2D eigenvalue weighted by Gasteiger charge is -2.05. The summed E-state index contributed by atoms with van der Waals surface area (Å²) in [4.78, 5) is 8.67. The van der Waals surface area contributed by atoms with Crippen molar-refractivity contribution in [3.63, 3.8) is 0 Å². The Morgan fingerprint density at radius 1 is 1.38 bits per heavy atom. The minimum Gasteiger partial charge on any atom is -0.328 e. The summed E-state index contributed by atoms with van der Waals surface area (Å²) < 4.78 is 9.36. The zero-order valence-electron chi connectivity index (χ0n) is 5.13. The molecule has 0 radical (unpaired) electrons. The van der Waals surface area contributed by atoms with E-state index in [1.54, 1.807) is 0 Å². The topological polar surface area (TPSA) is 38.7 Å². The summed E-state index contributed by atoms with van der Waals surface area (Å²) in [5.41, 5.74) is 0. The molecule has 0 bridgehead atoms. The van der Waals surface area contributed by atoms with Gasteiger partial charge in [0, 0.05) is 1.43 Å². The molecule has 0 aliphatic heterocycles. The molecule has 52 valence electrons. The average molecular weight is 140 g/mol. The largest absolute Gasteiger partial charge is 0.329 e. The summed E-state index contributed by atoms with van der Waals surface area (Å²) in [6, 6.07) is 0. The maximum atomic E-state index is 8.67. The Balaban J connectivity index is 0. The summed E-state index contributed by atoms with van der Waals surface area (Å²) in [5, 5.41) is 0. The maximum Gasteiger partial charge on any atom is 0.329 e. The molecule has 0 saturated heterocycles. The van der Waals surface area contributed by atoms with Crippen molar-refractivity contribution >= 4 is 8.60 Å². The molecule has 0 unspecified atom stereocenters. The van der Waals surface area contributed by atoms with E-state index in [9.17, 15) is 0 Å². The van der Waals surface area contributed by atoms with Crippen molar-refractivity contribution in [1.82, 2.24) is 0 Å². The molecular formula is C4H13O3P. The fourth-order valence-electron chi connectivity index (χ4n) is 0.258. The van der Waals surface area contributed by atoms with Gasteiger partial charge in [-0.1, -0.05) is 0 Å². The third-order valence-corrected chi connectivity index (χ3v) is 1.44. The first kappa shape index (κ1) is 8.31. The third kappa shape index (κ3) is 4.47. The first-order valence-electron chi connectivity index (χ1n) is 2.56. The van der Waals surface area contributed by atoms with Gasteiger partial charge in [0.2, 0.25) is 0 Å². The zero-order chi connectivity index (χ0) is 6.41. The Morgan fingerprint density at radius 3 is 2.00 bits per heavy atom. The van der Waals surface area contributed by atoms with Gasteiger partial charge in [0.05, 0.1) is 13.2 Å². The lowest BCUT2D eigenvalue weighted by Crippen LogP contribution is -1.87. The van der Waals surface area contributed by atoms with Crippen LogP contribution in [0.4, 0.5) is 0 Å². The van der Waals surface area contributed by atoms with Crippen molar-refractivity contribution in [3.05, 3.63) is 0 Å². The van der Waals surface area contributed by atoms with Gasteiger partial charge in [-0.05, 0) is 13.8 Å². The van der Waals surface area contributed by atoms with E-state index in [1.807, 2.05) is 13.8 Å². The van der Waals surface area contributed by atoms with Crippen molar-refractivity contribution < 1.29 is 15.4 Å². The molecule has 0 amide bonds. The minimum absolute atomic E-state index is 0. The Kier molecular flexibility index (Phi) is 5.66. The number of rotatable bonds is 4. The average Bonchev–Trinajstić information content (AvgIpc) is 1.68. The fourth-order valence-corrected chi connectivity index (χ4v) is 0.774. The molecule has 0 aliphatic rings. The lowest BCUT2D eigenvalue weighted by atomic mass is 10.9. The van der Waals surface area contributed by atoms with Gasteiger partial charge in [-0.15, -0.1) is 0 Å². The van der Waals surface area contributed by atoms with Crippen LogP contribution in [0.25, 0.3) is 0 Å². The summed E-state index contributed by atoms with van der Waals surface area (Å²) in [6.07, 6.45) is 0. The summed E-state index contributed by atoms with van der Waals surface area (Å²) >= 11 is 0. The maximum absolute atomic E-state index is 8.67. The molecule has 0 fully saturated rings. The van der Waals surface area contributed by atoms with E-state index >= 15 is 0 Å². The number of hydrogen-bond acceptors (Lipinski definition) is 3. The monoisotopic (exact) mass is 140 g/mol. The first-order chi connectivity index (χ1) is 3.81. The van der Waals surface area contributed by atoms with Crippen LogP contribution in [-0.4, -0.2) is 18.1 Å². The van der Waals surface area contributed by atoms with Crippen LogP contribution < -0.4 is 0 Å². The molecule has 1 N–H and O–H groups in total. The second-order valence-electron chi connectivity index (χ2n) is 1.07. The lowest BCUT2D eigenvalue weighted by molar-refractivity contribution is 0.216. The highest BCUT2D eigenvalue weighted by Crippen LogP contribution is 2.31. The van der Waals surface area contributed by atoms with E-state index < -0.39 is 8.60 Å². The molecule has 0 atom stereocenters. The Labute approximate surface area is 52.1 Å². The highest BCUT2D eigenvalue weighted by atomic mass is 31.2. The standard InChI is InChI=1S/C4H11O3P.H2/c1-3-6-8(5)7-4-2;/h5H,3-4H2,1-2H3;1H. The SMILES string of the molecule is CCOP(O)OCC.[HH]. The minimum atomic E-state index is -1.58. The molecule has 8 heavy (non-hydrogen) atoms. The molecule has 0 spiro atoms. The van der Waals surface area contributed by atoms with Crippen LogP contribution in [0, 0.1) is 0 Å². The van der Waals surface area contributed by atoms with E-state index in [-0.39, 0.29) is 1.43 Å². The third-order valence-electron chi connectivity index (χ3n) is 0.479. The van der Waals surface area contributed by atoms with Gasteiger partial charge in [-0.3, -0.25) is 0 Å². The van der Waals surface area contributed by atoms with E-state index in [0.717, 1.165) is 0 Å². The Morgan fingerprint density at radius 2 is 1.75 bits per heavy atom. The van der Waals surface area contributed by atoms with E-state index in [1.165, 1.54) is 0 Å². The first-order valence-corrected chi connectivity index (χ1v) is 3.69. The van der Waals surface area contributed by atoms with Crippen molar-refractivity contribution in [2.75, 3.05) is 13.2 Å². The van der Waals surface area contributed by atoms with E-state index in [4.69, 9.17) is 4.89 Å². The van der Waals surface area contributed by atoms with Crippen molar-refractivity contribution in [1.29, 1.82) is 0 Å². The molecular weight excluding hydrogens is 127 g/mol. The van der Waals surface area contributed by atoms with Gasteiger partial charge in [0.25, 0.3) is 0 Å². The van der Waals surface area contributed by atoms with Gasteiger partial charge in [-0.25, -0.2) is 0 Å². The molecule has 0 aromatic rings. The predicted octanol–water partition coefficient (Wildman–Crippen LogP) is 1.52. The van der Waals surface area contributed by atoms with Crippen LogP contribution in [0.5, 0.6) is 0 Å². The zero-order valence-corrected chi connectivity index (χ0v) is 6.02. The molecule has 0 saturated carbocycles. The van der Waals surface area contributed by atoms with Crippen LogP contribution in [-0.2, 0) is 9.05 Å². The quantitative estimate of drug-likeness (QED) is 0.601. The second kappa shape index (κ2) is 5.45. The summed E-state index contributed by atoms with van der Waals surface area (Å²) in [5.74, 6) is 0. The molecule has 0 rings (SSSR count). The van der Waals surface area contributed by atoms with Gasteiger partial charge in [0.15, 0.2) is 0 Å². The molecule has 3 nitrogen and oxygen atoms in total. The smallest absolute Gasteiger partial charge is 0.328 e. The second-order valence-corrected chi connectivity index (χ2v) is 2.07.